The Bertz CT molecular complexity index is 434. The molecule has 5 rings (SSSR count). The maximum absolute atomic E-state index is 11.4. The molecule has 0 aromatic heterocycles. The summed E-state index contributed by atoms with van der Waals surface area (Å²) >= 11 is 0. The maximum Gasteiger partial charge on any atom is 0.178 e. The third-order valence-electron chi connectivity index (χ3n) is 4.84. The molecule has 3 aliphatic carbocycles. The number of carbonyl (C=O) groups is 1. The van der Waals surface area contributed by atoms with Crippen molar-refractivity contribution in [3.05, 3.63) is 23.8 Å². The van der Waals surface area contributed by atoms with Crippen LogP contribution >= 0.6 is 0 Å². The molecule has 1 spiro atoms. The van der Waals surface area contributed by atoms with Crippen LogP contribution in [-0.2, 0) is 9.53 Å². The van der Waals surface area contributed by atoms with Crippen molar-refractivity contribution in [3.8, 4) is 0 Å². The molecule has 4 fully saturated rings. The Morgan fingerprint density at radius 2 is 2.40 bits per heavy atom. The Hall–Kier alpha value is -0.890. The molecule has 0 aromatic rings. The fourth-order valence-electron chi connectivity index (χ4n) is 4.23. The van der Waals surface area contributed by atoms with Gasteiger partial charge in [-0.15, -0.1) is 0 Å². The maximum atomic E-state index is 11.4. The first-order chi connectivity index (χ1) is 7.11. The van der Waals surface area contributed by atoms with Crippen molar-refractivity contribution in [2.45, 2.75) is 37.9 Å². The molecule has 2 aliphatic heterocycles. The van der Waals surface area contributed by atoms with Crippen molar-refractivity contribution in [2.75, 3.05) is 0 Å². The lowest BCUT2D eigenvalue weighted by molar-refractivity contribution is -0.111. The van der Waals surface area contributed by atoms with Gasteiger partial charge in [0.05, 0.1) is 11.7 Å². The van der Waals surface area contributed by atoms with E-state index in [1.165, 1.54) is 12.0 Å². The van der Waals surface area contributed by atoms with Crippen LogP contribution in [0.25, 0.3) is 0 Å². The first kappa shape index (κ1) is 8.28. The van der Waals surface area contributed by atoms with E-state index in [0.717, 1.165) is 12.8 Å². The van der Waals surface area contributed by atoms with Crippen molar-refractivity contribution < 1.29 is 9.53 Å². The summed E-state index contributed by atoms with van der Waals surface area (Å²) in [5.41, 5.74) is 1.54. The third-order valence-corrected chi connectivity index (χ3v) is 4.84. The van der Waals surface area contributed by atoms with Crippen LogP contribution in [0.2, 0.25) is 0 Å². The highest BCUT2D eigenvalue weighted by molar-refractivity contribution is 6.01. The predicted octanol–water partition coefficient (Wildman–Crippen LogP) is 2.01. The zero-order valence-corrected chi connectivity index (χ0v) is 8.82. The van der Waals surface area contributed by atoms with E-state index in [9.17, 15) is 4.79 Å². The quantitative estimate of drug-likeness (QED) is 0.600. The second-order valence-corrected chi connectivity index (χ2v) is 5.72. The first-order valence-electron chi connectivity index (χ1n) is 5.74. The number of rotatable bonds is 0. The van der Waals surface area contributed by atoms with Crippen molar-refractivity contribution in [3.63, 3.8) is 0 Å². The SMILES string of the molecule is C[C@]12CC34C=CC(=O)C=C3[C@H](C[C@@H]1C4)O2. The molecule has 2 heterocycles. The van der Waals surface area contributed by atoms with Crippen LogP contribution < -0.4 is 0 Å². The number of carbonyl (C=O) groups excluding carboxylic acids is 1. The molecule has 15 heavy (non-hydrogen) atoms. The molecule has 5 aliphatic rings. The number of hydrogen-bond donors (Lipinski definition) is 0. The minimum Gasteiger partial charge on any atom is -0.367 e. The molecule has 4 atom stereocenters. The summed E-state index contributed by atoms with van der Waals surface area (Å²) in [4.78, 5) is 11.4. The van der Waals surface area contributed by atoms with Crippen molar-refractivity contribution in [2.24, 2.45) is 11.3 Å². The summed E-state index contributed by atoms with van der Waals surface area (Å²) < 4.78 is 6.10. The summed E-state index contributed by atoms with van der Waals surface area (Å²) in [6.45, 7) is 2.24. The van der Waals surface area contributed by atoms with Gasteiger partial charge in [0.1, 0.15) is 0 Å². The van der Waals surface area contributed by atoms with Crippen LogP contribution in [0.3, 0.4) is 0 Å². The molecular formula is C13H14O2. The second-order valence-electron chi connectivity index (χ2n) is 5.72. The van der Waals surface area contributed by atoms with Crippen LogP contribution in [0, 0.1) is 11.3 Å². The molecule has 0 N–H and O–H groups in total. The van der Waals surface area contributed by atoms with E-state index in [2.05, 4.69) is 13.0 Å². The summed E-state index contributed by atoms with van der Waals surface area (Å²) in [6.07, 6.45) is 9.36. The van der Waals surface area contributed by atoms with Crippen molar-refractivity contribution in [1.29, 1.82) is 0 Å². The van der Waals surface area contributed by atoms with E-state index >= 15 is 0 Å². The lowest BCUT2D eigenvalue weighted by atomic mass is 9.68. The largest absolute Gasteiger partial charge is 0.367 e. The monoisotopic (exact) mass is 202 g/mol. The van der Waals surface area contributed by atoms with E-state index in [1.807, 2.05) is 6.08 Å². The number of ether oxygens (including phenoxy) is 1. The fourth-order valence-corrected chi connectivity index (χ4v) is 4.23. The summed E-state index contributed by atoms with van der Waals surface area (Å²) in [6, 6.07) is 0. The number of allylic oxidation sites excluding steroid dienone is 3. The Kier molecular flexibility index (Phi) is 1.17. The lowest BCUT2D eigenvalue weighted by Gasteiger charge is -2.42. The van der Waals surface area contributed by atoms with Gasteiger partial charge in [-0.2, -0.15) is 0 Å². The number of ketones is 1. The van der Waals surface area contributed by atoms with Gasteiger partial charge in [-0.25, -0.2) is 0 Å². The highest BCUT2D eigenvalue weighted by Crippen LogP contribution is 2.67. The molecule has 2 heteroatoms. The summed E-state index contributed by atoms with van der Waals surface area (Å²) in [5.74, 6) is 0.843. The second kappa shape index (κ2) is 2.12. The van der Waals surface area contributed by atoms with Gasteiger partial charge in [-0.05, 0) is 49.8 Å². The van der Waals surface area contributed by atoms with Gasteiger partial charge < -0.3 is 4.74 Å². The summed E-state index contributed by atoms with van der Waals surface area (Å²) in [5, 5.41) is 0. The zero-order valence-electron chi connectivity index (χ0n) is 8.82. The molecule has 78 valence electrons. The smallest absolute Gasteiger partial charge is 0.178 e. The van der Waals surface area contributed by atoms with Gasteiger partial charge in [-0.1, -0.05) is 6.08 Å². The molecule has 2 saturated carbocycles. The standard InChI is InChI=1S/C13H14O2/c1-12-7-13-3-2-9(14)5-10(13)11(15-12)4-8(12)6-13/h2-3,5,8,11H,4,6-7H2,1H3/t8-,11+,12+,13?/m1/s1. The Morgan fingerprint density at radius 1 is 1.53 bits per heavy atom. The predicted molar refractivity (Wildman–Crippen MR) is 55.3 cm³/mol. The molecule has 0 aromatic carbocycles. The normalized spacial score (nSPS) is 54.7. The molecule has 0 radical (unpaired) electrons. The van der Waals surface area contributed by atoms with E-state index in [4.69, 9.17) is 4.74 Å². The fraction of sp³-hybridized carbons (Fsp3) is 0.615. The van der Waals surface area contributed by atoms with Crippen molar-refractivity contribution in [1.82, 2.24) is 0 Å². The molecule has 0 amide bonds. The van der Waals surface area contributed by atoms with Crippen LogP contribution in [0.15, 0.2) is 23.8 Å². The molecular weight excluding hydrogens is 188 g/mol. The van der Waals surface area contributed by atoms with Gasteiger partial charge in [-0.3, -0.25) is 4.79 Å². The molecule has 2 saturated heterocycles. The molecule has 4 bridgehead atoms. The van der Waals surface area contributed by atoms with Gasteiger partial charge >= 0.3 is 0 Å². The number of hydrogen-bond acceptors (Lipinski definition) is 2. The topological polar surface area (TPSA) is 26.3 Å². The highest BCUT2D eigenvalue weighted by Gasteiger charge is 2.65. The molecule has 1 unspecified atom stereocenters. The minimum atomic E-state index is 0.0900. The van der Waals surface area contributed by atoms with E-state index in [-0.39, 0.29) is 22.9 Å². The van der Waals surface area contributed by atoms with Gasteiger partial charge in [0, 0.05) is 5.41 Å². The van der Waals surface area contributed by atoms with E-state index in [1.54, 1.807) is 6.08 Å². The average molecular weight is 202 g/mol. The minimum absolute atomic E-state index is 0.0900. The van der Waals surface area contributed by atoms with Gasteiger partial charge in [0.2, 0.25) is 0 Å². The Balaban J connectivity index is 1.92. The lowest BCUT2D eigenvalue weighted by Crippen LogP contribution is -2.39. The van der Waals surface area contributed by atoms with Crippen LogP contribution in [0.5, 0.6) is 0 Å². The Labute approximate surface area is 89.0 Å². The van der Waals surface area contributed by atoms with Crippen molar-refractivity contribution >= 4 is 5.78 Å². The average Bonchev–Trinajstić information content (AvgIpc) is 2.54. The Morgan fingerprint density at radius 3 is 3.20 bits per heavy atom. The van der Waals surface area contributed by atoms with Gasteiger partial charge in [0.15, 0.2) is 5.78 Å². The third kappa shape index (κ3) is 0.795. The van der Waals surface area contributed by atoms with Crippen LogP contribution in [0.1, 0.15) is 26.2 Å². The van der Waals surface area contributed by atoms with Gasteiger partial charge in [0.25, 0.3) is 0 Å². The van der Waals surface area contributed by atoms with E-state index < -0.39 is 0 Å². The summed E-state index contributed by atoms with van der Waals surface area (Å²) in [7, 11) is 0. The first-order valence-corrected chi connectivity index (χ1v) is 5.74. The van der Waals surface area contributed by atoms with Crippen LogP contribution in [0.4, 0.5) is 0 Å². The van der Waals surface area contributed by atoms with E-state index in [0.29, 0.717) is 5.92 Å². The van der Waals surface area contributed by atoms with Crippen LogP contribution in [-0.4, -0.2) is 17.5 Å². The highest BCUT2D eigenvalue weighted by atomic mass is 16.5. The zero-order chi connectivity index (χ0) is 10.3. The molecule has 2 nitrogen and oxygen atoms in total.